The number of carbonyl (C=O) groups excluding carboxylic acids is 1. The van der Waals surface area contributed by atoms with E-state index in [1.165, 1.54) is 0 Å². The molecular weight excluding hydrogens is 350 g/mol. The number of carbonyl (C=O) groups is 1. The fraction of sp³-hybridized carbons (Fsp3) is 0.381. The number of piperidine rings is 1. The Kier molecular flexibility index (Phi) is 6.19. The molecule has 0 bridgehead atoms. The summed E-state index contributed by atoms with van der Waals surface area (Å²) in [5.41, 5.74) is 0.754. The molecule has 2 unspecified atom stereocenters. The summed E-state index contributed by atoms with van der Waals surface area (Å²) >= 11 is 0. The van der Waals surface area contributed by atoms with E-state index in [0.717, 1.165) is 36.6 Å². The first-order chi connectivity index (χ1) is 13.0. The molecule has 3 rings (SSSR count). The first kappa shape index (κ1) is 19.5. The molecule has 6 heteroatoms. The van der Waals surface area contributed by atoms with Crippen LogP contribution in [0.1, 0.15) is 31.4 Å². The highest BCUT2D eigenvalue weighted by atomic mass is 19.1. The Morgan fingerprint density at radius 2 is 1.81 bits per heavy atom. The Balaban J connectivity index is 1.55. The molecule has 1 aliphatic heterocycles. The molecule has 0 aliphatic carbocycles. The van der Waals surface area contributed by atoms with E-state index in [1.54, 1.807) is 6.92 Å². The molecule has 0 aromatic heterocycles. The Bertz CT molecular complexity index is 777. The largest absolute Gasteiger partial charge is 0.388 e. The maximum Gasteiger partial charge on any atom is 0.241 e. The number of nitrogens with zero attached hydrogens (tertiary/aromatic N) is 1. The van der Waals surface area contributed by atoms with Crippen molar-refractivity contribution in [2.75, 3.05) is 18.4 Å². The molecule has 0 radical (unpaired) electrons. The van der Waals surface area contributed by atoms with E-state index >= 15 is 0 Å². The number of anilines is 1. The van der Waals surface area contributed by atoms with Gasteiger partial charge in [-0.2, -0.15) is 0 Å². The summed E-state index contributed by atoms with van der Waals surface area (Å²) in [4.78, 5) is 14.4. The Morgan fingerprint density at radius 1 is 1.15 bits per heavy atom. The molecule has 2 atom stereocenters. The van der Waals surface area contributed by atoms with Crippen molar-refractivity contribution in [3.05, 3.63) is 65.7 Å². The van der Waals surface area contributed by atoms with E-state index in [0.29, 0.717) is 13.1 Å². The number of amides is 1. The minimum absolute atomic E-state index is 0.138. The summed E-state index contributed by atoms with van der Waals surface area (Å²) in [6.07, 6.45) is 1.02. The lowest BCUT2D eigenvalue weighted by molar-refractivity contribution is -0.121. The molecular formula is C21H24F2N2O2. The molecule has 2 aromatic carbocycles. The van der Waals surface area contributed by atoms with E-state index < -0.39 is 23.8 Å². The fourth-order valence-corrected chi connectivity index (χ4v) is 3.54. The second-order valence-corrected chi connectivity index (χ2v) is 7.02. The predicted octanol–water partition coefficient (Wildman–Crippen LogP) is 3.74. The van der Waals surface area contributed by atoms with Gasteiger partial charge < -0.3 is 10.4 Å². The third-order valence-corrected chi connectivity index (χ3v) is 5.28. The standard InChI is InChI=1S/C21H24F2N2O2/c1-14(21(27)24-19-13-17(22)7-8-18(19)23)25-11-9-16(10-12-25)20(26)15-5-3-2-4-6-15/h2-8,13-14,16,20,26H,9-12H2,1H3,(H,24,27). The first-order valence-corrected chi connectivity index (χ1v) is 9.18. The quantitative estimate of drug-likeness (QED) is 0.838. The number of hydrogen-bond acceptors (Lipinski definition) is 3. The average Bonchev–Trinajstić information content (AvgIpc) is 2.70. The van der Waals surface area contributed by atoms with Gasteiger partial charge in [-0.3, -0.25) is 9.69 Å². The van der Waals surface area contributed by atoms with Crippen LogP contribution >= 0.6 is 0 Å². The van der Waals surface area contributed by atoms with Crippen LogP contribution in [0.2, 0.25) is 0 Å². The zero-order valence-electron chi connectivity index (χ0n) is 15.2. The van der Waals surface area contributed by atoms with E-state index in [2.05, 4.69) is 5.32 Å². The number of halogens is 2. The van der Waals surface area contributed by atoms with Crippen LogP contribution in [0.5, 0.6) is 0 Å². The number of hydrogen-bond donors (Lipinski definition) is 2. The van der Waals surface area contributed by atoms with Gasteiger partial charge >= 0.3 is 0 Å². The van der Waals surface area contributed by atoms with Gasteiger partial charge in [0.2, 0.25) is 5.91 Å². The number of rotatable bonds is 5. The van der Waals surface area contributed by atoms with E-state index in [-0.39, 0.29) is 17.5 Å². The smallest absolute Gasteiger partial charge is 0.241 e. The van der Waals surface area contributed by atoms with Gasteiger partial charge in [0.15, 0.2) is 0 Å². The van der Waals surface area contributed by atoms with Crippen LogP contribution in [0, 0.1) is 17.6 Å². The van der Waals surface area contributed by atoms with Gasteiger partial charge in [-0.15, -0.1) is 0 Å². The number of benzene rings is 2. The van der Waals surface area contributed by atoms with E-state index in [1.807, 2.05) is 35.2 Å². The summed E-state index contributed by atoms with van der Waals surface area (Å²) < 4.78 is 27.0. The van der Waals surface area contributed by atoms with Crippen molar-refractivity contribution in [1.82, 2.24) is 4.90 Å². The predicted molar refractivity (Wildman–Crippen MR) is 100 cm³/mol. The van der Waals surface area contributed by atoms with E-state index in [4.69, 9.17) is 0 Å². The van der Waals surface area contributed by atoms with E-state index in [9.17, 15) is 18.7 Å². The van der Waals surface area contributed by atoms with Crippen LogP contribution < -0.4 is 5.32 Å². The minimum Gasteiger partial charge on any atom is -0.388 e. The van der Waals surface area contributed by atoms with Crippen molar-refractivity contribution in [1.29, 1.82) is 0 Å². The molecule has 0 saturated carbocycles. The molecule has 1 aliphatic rings. The van der Waals surface area contributed by atoms with Crippen LogP contribution in [0.25, 0.3) is 0 Å². The average molecular weight is 374 g/mol. The zero-order valence-corrected chi connectivity index (χ0v) is 15.2. The summed E-state index contributed by atoms with van der Waals surface area (Å²) in [6, 6.07) is 12.1. The Labute approximate surface area is 157 Å². The summed E-state index contributed by atoms with van der Waals surface area (Å²) in [5, 5.41) is 13.0. The fourth-order valence-electron chi connectivity index (χ4n) is 3.54. The van der Waals surface area contributed by atoms with Gasteiger partial charge in [0.25, 0.3) is 0 Å². The van der Waals surface area contributed by atoms with Crippen LogP contribution in [0.4, 0.5) is 14.5 Å². The lowest BCUT2D eigenvalue weighted by Crippen LogP contribution is -2.46. The normalized spacial score (nSPS) is 18.1. The second kappa shape index (κ2) is 8.59. The highest BCUT2D eigenvalue weighted by molar-refractivity contribution is 5.94. The molecule has 0 spiro atoms. The molecule has 1 fully saturated rings. The lowest BCUT2D eigenvalue weighted by atomic mass is 9.87. The van der Waals surface area contributed by atoms with Crippen LogP contribution in [0.15, 0.2) is 48.5 Å². The van der Waals surface area contributed by atoms with Gasteiger partial charge in [0.05, 0.1) is 17.8 Å². The van der Waals surface area contributed by atoms with Crippen molar-refractivity contribution >= 4 is 11.6 Å². The third kappa shape index (κ3) is 4.70. The topological polar surface area (TPSA) is 52.6 Å². The third-order valence-electron chi connectivity index (χ3n) is 5.28. The number of likely N-dealkylation sites (tertiary alicyclic amines) is 1. The number of aliphatic hydroxyl groups is 1. The molecule has 2 N–H and O–H groups in total. The van der Waals surface area contributed by atoms with Crippen LogP contribution in [0.3, 0.4) is 0 Å². The highest BCUT2D eigenvalue weighted by Crippen LogP contribution is 2.31. The SMILES string of the molecule is CC(C(=O)Nc1cc(F)ccc1F)N1CCC(C(O)c2ccccc2)CC1. The Morgan fingerprint density at radius 3 is 2.48 bits per heavy atom. The van der Waals surface area contributed by atoms with Gasteiger partial charge in [-0.05, 0) is 56.5 Å². The van der Waals surface area contributed by atoms with Gasteiger partial charge in [-0.25, -0.2) is 8.78 Å². The summed E-state index contributed by atoms with van der Waals surface area (Å²) in [5.74, 6) is -1.50. The zero-order chi connectivity index (χ0) is 19.4. The molecule has 1 amide bonds. The van der Waals surface area contributed by atoms with Gasteiger partial charge in [-0.1, -0.05) is 30.3 Å². The van der Waals surface area contributed by atoms with Crippen LogP contribution in [-0.2, 0) is 4.79 Å². The molecule has 1 heterocycles. The molecule has 144 valence electrons. The van der Waals surface area contributed by atoms with Crippen molar-refractivity contribution in [3.8, 4) is 0 Å². The summed E-state index contributed by atoms with van der Waals surface area (Å²) in [7, 11) is 0. The second-order valence-electron chi connectivity index (χ2n) is 7.02. The minimum atomic E-state index is -0.665. The maximum atomic E-state index is 13.7. The molecule has 4 nitrogen and oxygen atoms in total. The summed E-state index contributed by atoms with van der Waals surface area (Å²) in [6.45, 7) is 3.07. The van der Waals surface area contributed by atoms with Crippen molar-refractivity contribution < 1.29 is 18.7 Å². The number of aliphatic hydroxyl groups excluding tert-OH is 1. The van der Waals surface area contributed by atoms with Crippen molar-refractivity contribution in [2.45, 2.75) is 31.9 Å². The number of nitrogens with one attached hydrogen (secondary N) is 1. The van der Waals surface area contributed by atoms with Gasteiger partial charge in [0.1, 0.15) is 11.6 Å². The molecule has 27 heavy (non-hydrogen) atoms. The molecule has 2 aromatic rings. The van der Waals surface area contributed by atoms with Crippen LogP contribution in [-0.4, -0.2) is 35.0 Å². The highest BCUT2D eigenvalue weighted by Gasteiger charge is 2.30. The maximum absolute atomic E-state index is 13.7. The molecule has 1 saturated heterocycles. The first-order valence-electron chi connectivity index (χ1n) is 9.18. The Hall–Kier alpha value is -2.31. The lowest BCUT2D eigenvalue weighted by Gasteiger charge is -2.37. The van der Waals surface area contributed by atoms with Gasteiger partial charge in [0, 0.05) is 6.07 Å². The van der Waals surface area contributed by atoms with Crippen molar-refractivity contribution in [3.63, 3.8) is 0 Å². The van der Waals surface area contributed by atoms with Crippen molar-refractivity contribution in [2.24, 2.45) is 5.92 Å². The monoisotopic (exact) mass is 374 g/mol.